The summed E-state index contributed by atoms with van der Waals surface area (Å²) in [5.41, 5.74) is 10.0. The second-order valence-corrected chi connectivity index (χ2v) is 10.3. The van der Waals surface area contributed by atoms with Crippen LogP contribution in [0.2, 0.25) is 0 Å². The molecule has 9 heteroatoms. The average molecular weight is 537 g/mol. The number of nitrogens with two attached hydrogens (primary N) is 1. The first-order valence-corrected chi connectivity index (χ1v) is 13.3. The van der Waals surface area contributed by atoms with Gasteiger partial charge >= 0.3 is 0 Å². The van der Waals surface area contributed by atoms with Crippen LogP contribution in [0.25, 0.3) is 16.6 Å². The first-order valence-electron chi connectivity index (χ1n) is 13.3. The zero-order valence-corrected chi connectivity index (χ0v) is 22.2. The van der Waals surface area contributed by atoms with Crippen molar-refractivity contribution in [3.63, 3.8) is 0 Å². The molecule has 1 fully saturated rings. The summed E-state index contributed by atoms with van der Waals surface area (Å²) in [6.07, 6.45) is 4.75. The number of carbonyl (C=O) groups is 2. The Morgan fingerprint density at radius 2 is 1.75 bits per heavy atom. The summed E-state index contributed by atoms with van der Waals surface area (Å²) >= 11 is 0. The van der Waals surface area contributed by atoms with Crippen molar-refractivity contribution in [3.8, 4) is 5.69 Å². The summed E-state index contributed by atoms with van der Waals surface area (Å²) in [6, 6.07) is 21.7. The van der Waals surface area contributed by atoms with E-state index < -0.39 is 11.8 Å². The molecule has 0 saturated carbocycles. The van der Waals surface area contributed by atoms with Gasteiger partial charge in [0.05, 0.1) is 23.3 Å². The Hall–Kier alpha value is -4.79. The zero-order valence-electron chi connectivity index (χ0n) is 22.2. The quantitative estimate of drug-likeness (QED) is 0.324. The standard InChI is InChI=1S/C31H29FN6O2/c1-3-26-28(25-18-36(2)35-29(25)30(33)39)24(15-19-7-5-4-6-8-19)31(40)37(26)23-13-14-27-20(16-23)17-34-38(27)22-11-9-21(32)10-12-22/h4-14,16-18,24,26,28H,3,15H2,1-2H3,(H2,33,39). The van der Waals surface area contributed by atoms with E-state index in [2.05, 4.69) is 10.2 Å². The van der Waals surface area contributed by atoms with Crippen molar-refractivity contribution < 1.29 is 14.0 Å². The van der Waals surface area contributed by atoms with Crippen molar-refractivity contribution in [2.45, 2.75) is 31.7 Å². The van der Waals surface area contributed by atoms with Gasteiger partial charge in [-0.25, -0.2) is 9.07 Å². The van der Waals surface area contributed by atoms with Crippen molar-refractivity contribution in [2.24, 2.45) is 18.7 Å². The second kappa shape index (κ2) is 10.1. The van der Waals surface area contributed by atoms with E-state index >= 15 is 0 Å². The molecule has 202 valence electrons. The van der Waals surface area contributed by atoms with E-state index in [4.69, 9.17) is 5.73 Å². The molecule has 6 rings (SSSR count). The molecule has 3 aromatic carbocycles. The van der Waals surface area contributed by atoms with Gasteiger partial charge in [-0.3, -0.25) is 14.3 Å². The number of fused-ring (bicyclic) bond motifs is 1. The number of hydrogen-bond acceptors (Lipinski definition) is 4. The Bertz CT molecular complexity index is 1710. The van der Waals surface area contributed by atoms with Crippen LogP contribution < -0.4 is 10.6 Å². The smallest absolute Gasteiger partial charge is 0.269 e. The SMILES string of the molecule is CCC1C(c2cn(C)nc2C(N)=O)C(Cc2ccccc2)C(=O)N1c1ccc2c(cnn2-c2ccc(F)cc2)c1. The third-order valence-corrected chi connectivity index (χ3v) is 7.80. The van der Waals surface area contributed by atoms with E-state index in [1.165, 1.54) is 12.1 Å². The van der Waals surface area contributed by atoms with Crippen LogP contribution in [0.5, 0.6) is 0 Å². The monoisotopic (exact) mass is 536 g/mol. The molecule has 1 saturated heterocycles. The molecule has 3 heterocycles. The fourth-order valence-electron chi connectivity index (χ4n) is 6.09. The van der Waals surface area contributed by atoms with Crippen LogP contribution in [0.3, 0.4) is 0 Å². The predicted molar refractivity (Wildman–Crippen MR) is 151 cm³/mol. The molecule has 40 heavy (non-hydrogen) atoms. The molecule has 8 nitrogen and oxygen atoms in total. The molecule has 5 aromatic rings. The third-order valence-electron chi connectivity index (χ3n) is 7.80. The van der Waals surface area contributed by atoms with Crippen LogP contribution in [-0.2, 0) is 18.3 Å². The number of aromatic nitrogens is 4. The molecule has 0 aliphatic carbocycles. The maximum absolute atomic E-state index is 14.3. The van der Waals surface area contributed by atoms with Gasteiger partial charge in [-0.2, -0.15) is 10.2 Å². The van der Waals surface area contributed by atoms with E-state index in [1.807, 2.05) is 66.6 Å². The van der Waals surface area contributed by atoms with E-state index in [-0.39, 0.29) is 29.4 Å². The number of rotatable bonds is 7. The average Bonchev–Trinajstić information content (AvgIpc) is 3.63. The molecular formula is C31H29FN6O2. The number of anilines is 1. The van der Waals surface area contributed by atoms with Crippen molar-refractivity contribution in [1.29, 1.82) is 0 Å². The highest BCUT2D eigenvalue weighted by molar-refractivity contribution is 6.02. The van der Waals surface area contributed by atoms with Gasteiger partial charge in [-0.05, 0) is 60.9 Å². The number of carbonyl (C=O) groups excluding carboxylic acids is 2. The number of aryl methyl sites for hydroxylation is 1. The van der Waals surface area contributed by atoms with Gasteiger partial charge in [0, 0.05) is 41.8 Å². The first kappa shape index (κ1) is 25.5. The van der Waals surface area contributed by atoms with Crippen LogP contribution in [0, 0.1) is 11.7 Å². The second-order valence-electron chi connectivity index (χ2n) is 10.3. The highest BCUT2D eigenvalue weighted by atomic mass is 19.1. The number of amides is 2. The highest BCUT2D eigenvalue weighted by Crippen LogP contribution is 2.45. The maximum atomic E-state index is 14.3. The fraction of sp³-hybridized carbons (Fsp3) is 0.226. The molecule has 3 unspecified atom stereocenters. The number of hydrogen-bond donors (Lipinski definition) is 1. The Morgan fingerprint density at radius 1 is 1.02 bits per heavy atom. The normalized spacial score (nSPS) is 19.0. The van der Waals surface area contributed by atoms with Crippen molar-refractivity contribution in [3.05, 3.63) is 108 Å². The minimum absolute atomic E-state index is 0.00903. The van der Waals surface area contributed by atoms with Crippen LogP contribution in [0.1, 0.15) is 40.9 Å². The van der Waals surface area contributed by atoms with Crippen molar-refractivity contribution in [1.82, 2.24) is 19.6 Å². The summed E-state index contributed by atoms with van der Waals surface area (Å²) in [4.78, 5) is 28.5. The number of primary amides is 1. The molecule has 0 radical (unpaired) electrons. The van der Waals surface area contributed by atoms with Gasteiger partial charge in [0.2, 0.25) is 5.91 Å². The largest absolute Gasteiger partial charge is 0.364 e. The Morgan fingerprint density at radius 3 is 2.45 bits per heavy atom. The molecule has 2 N–H and O–H groups in total. The molecule has 0 bridgehead atoms. The molecule has 2 amide bonds. The lowest BCUT2D eigenvalue weighted by atomic mass is 9.80. The predicted octanol–water partition coefficient (Wildman–Crippen LogP) is 4.76. The van der Waals surface area contributed by atoms with Gasteiger partial charge < -0.3 is 10.6 Å². The van der Waals surface area contributed by atoms with Gasteiger partial charge in [0.25, 0.3) is 5.91 Å². The van der Waals surface area contributed by atoms with Gasteiger partial charge in [-0.1, -0.05) is 37.3 Å². The topological polar surface area (TPSA) is 99.0 Å². The number of nitrogens with zero attached hydrogens (tertiary/aromatic N) is 5. The van der Waals surface area contributed by atoms with Crippen molar-refractivity contribution >= 4 is 28.4 Å². The van der Waals surface area contributed by atoms with Gasteiger partial charge in [-0.15, -0.1) is 0 Å². The van der Waals surface area contributed by atoms with Crippen molar-refractivity contribution in [2.75, 3.05) is 4.90 Å². The molecule has 3 atom stereocenters. The van der Waals surface area contributed by atoms with E-state index in [0.29, 0.717) is 18.4 Å². The zero-order chi connectivity index (χ0) is 28.0. The minimum atomic E-state index is -0.607. The lowest BCUT2D eigenvalue weighted by molar-refractivity contribution is -0.120. The molecule has 2 aromatic heterocycles. The van der Waals surface area contributed by atoms with E-state index in [9.17, 15) is 14.0 Å². The maximum Gasteiger partial charge on any atom is 0.269 e. The van der Waals surface area contributed by atoms with Crippen LogP contribution in [-0.4, -0.2) is 37.4 Å². The lowest BCUT2D eigenvalue weighted by Crippen LogP contribution is -2.34. The molecular weight excluding hydrogens is 507 g/mol. The van der Waals surface area contributed by atoms with Crippen LogP contribution in [0.15, 0.2) is 85.2 Å². The summed E-state index contributed by atoms with van der Waals surface area (Å²) in [6.45, 7) is 2.05. The highest BCUT2D eigenvalue weighted by Gasteiger charge is 2.50. The summed E-state index contributed by atoms with van der Waals surface area (Å²) in [7, 11) is 1.75. The minimum Gasteiger partial charge on any atom is -0.364 e. The van der Waals surface area contributed by atoms with Gasteiger partial charge in [0.1, 0.15) is 5.82 Å². The third kappa shape index (κ3) is 4.33. The van der Waals surface area contributed by atoms with E-state index in [1.54, 1.807) is 34.7 Å². The van der Waals surface area contributed by atoms with Gasteiger partial charge in [0.15, 0.2) is 5.69 Å². The lowest BCUT2D eigenvalue weighted by Gasteiger charge is -2.27. The Balaban J connectivity index is 1.44. The summed E-state index contributed by atoms with van der Waals surface area (Å²) in [5.74, 6) is -1.62. The number of halogens is 1. The molecule has 0 spiro atoms. The molecule has 1 aliphatic heterocycles. The Labute approximate surface area is 230 Å². The van der Waals surface area contributed by atoms with Crippen LogP contribution >= 0.6 is 0 Å². The van der Waals surface area contributed by atoms with E-state index in [0.717, 1.165) is 27.8 Å². The first-order chi connectivity index (χ1) is 19.4. The number of benzene rings is 3. The fourth-order valence-corrected chi connectivity index (χ4v) is 6.09. The Kier molecular flexibility index (Phi) is 6.42. The summed E-state index contributed by atoms with van der Waals surface area (Å²) < 4.78 is 16.8. The molecule has 1 aliphatic rings. The summed E-state index contributed by atoms with van der Waals surface area (Å²) in [5, 5.41) is 9.71. The van der Waals surface area contributed by atoms with Crippen LogP contribution in [0.4, 0.5) is 10.1 Å².